The third kappa shape index (κ3) is 4.36. The van der Waals surface area contributed by atoms with Crippen LogP contribution in [0.5, 0.6) is 0 Å². The number of anilines is 2. The molecule has 3 aromatic rings. The quantitative estimate of drug-likeness (QED) is 0.511. The number of nitrogens with one attached hydrogen (secondary N) is 1. The van der Waals surface area contributed by atoms with E-state index in [2.05, 4.69) is 10.3 Å². The molecule has 0 bridgehead atoms. The number of sulfonamides is 1. The van der Waals surface area contributed by atoms with Crippen molar-refractivity contribution in [2.24, 2.45) is 5.92 Å². The van der Waals surface area contributed by atoms with Crippen LogP contribution in [0.15, 0.2) is 71.9 Å². The van der Waals surface area contributed by atoms with E-state index in [1.54, 1.807) is 46.6 Å². The summed E-state index contributed by atoms with van der Waals surface area (Å²) in [5.74, 6) is -0.642. The summed E-state index contributed by atoms with van der Waals surface area (Å²) in [6.07, 6.45) is 6.12. The molecule has 2 amide bonds. The third-order valence-electron chi connectivity index (χ3n) is 8.31. The minimum atomic E-state index is -4.02. The van der Waals surface area contributed by atoms with Gasteiger partial charge in [-0.1, -0.05) is 0 Å². The van der Waals surface area contributed by atoms with Gasteiger partial charge in [0, 0.05) is 43.5 Å². The van der Waals surface area contributed by atoms with Gasteiger partial charge in [0.15, 0.2) is 0 Å². The largest absolute Gasteiger partial charge is 0.343 e. The average Bonchev–Trinajstić information content (AvgIpc) is 3.74. The lowest BCUT2D eigenvalue weighted by molar-refractivity contribution is -0.130. The number of halogens is 1. The summed E-state index contributed by atoms with van der Waals surface area (Å²) >= 11 is 0. The highest BCUT2D eigenvalue weighted by Crippen LogP contribution is 2.59. The molecule has 1 aliphatic carbocycles. The molecule has 1 saturated heterocycles. The molecule has 10 heteroatoms. The first-order valence-corrected chi connectivity index (χ1v) is 14.6. The minimum absolute atomic E-state index is 0.000633. The van der Waals surface area contributed by atoms with Crippen LogP contribution in [0.25, 0.3) is 0 Å². The summed E-state index contributed by atoms with van der Waals surface area (Å²) in [6, 6.07) is 13.3. The van der Waals surface area contributed by atoms with Crippen molar-refractivity contribution in [1.29, 1.82) is 0 Å². The maximum Gasteiger partial charge on any atom is 0.264 e. The van der Waals surface area contributed by atoms with E-state index in [0.29, 0.717) is 42.9 Å². The molecule has 0 radical (unpaired) electrons. The number of piperidine rings is 1. The van der Waals surface area contributed by atoms with Crippen molar-refractivity contribution in [2.45, 2.75) is 49.0 Å². The number of likely N-dealkylation sites (tertiary alicyclic amines) is 1. The summed E-state index contributed by atoms with van der Waals surface area (Å²) < 4.78 is 43.6. The van der Waals surface area contributed by atoms with E-state index in [9.17, 15) is 22.4 Å². The Morgan fingerprint density at radius 1 is 1.05 bits per heavy atom. The molecule has 39 heavy (non-hydrogen) atoms. The summed E-state index contributed by atoms with van der Waals surface area (Å²) in [6.45, 7) is 2.60. The lowest BCUT2D eigenvalue weighted by atomic mass is 9.68. The molecule has 1 spiro atoms. The molecule has 1 saturated carbocycles. The summed E-state index contributed by atoms with van der Waals surface area (Å²) in [5, 5.41) is 2.94. The Hall–Kier alpha value is -3.79. The van der Waals surface area contributed by atoms with Crippen LogP contribution in [0.4, 0.5) is 15.8 Å². The number of amides is 2. The van der Waals surface area contributed by atoms with Crippen LogP contribution >= 0.6 is 0 Å². The van der Waals surface area contributed by atoms with Crippen molar-refractivity contribution < 1.29 is 22.4 Å². The van der Waals surface area contributed by atoms with Gasteiger partial charge in [-0.3, -0.25) is 18.9 Å². The smallest absolute Gasteiger partial charge is 0.264 e. The molecule has 6 rings (SSSR count). The standard InChI is InChI=1S/C29H29FN4O4S/c1-19(35)33-15-12-29(13-16-33)25-17-23(32-28(36)21-3-2-14-31-18-21)8-11-26(25)34(27(29)20-4-5-20)39(37,38)24-9-6-22(30)7-10-24/h2-3,6-11,14,17-18,20,27H,4-5,12-13,15-16H2,1H3,(H,32,36). The molecular weight excluding hydrogens is 519 g/mol. The second kappa shape index (κ2) is 9.44. The number of rotatable bonds is 5. The molecule has 2 fully saturated rings. The lowest BCUT2D eigenvalue weighted by Crippen LogP contribution is -2.54. The van der Waals surface area contributed by atoms with Gasteiger partial charge in [-0.05, 0) is 91.8 Å². The zero-order chi connectivity index (χ0) is 27.4. The molecule has 1 atom stereocenters. The van der Waals surface area contributed by atoms with Crippen LogP contribution in [-0.4, -0.2) is 49.2 Å². The third-order valence-corrected chi connectivity index (χ3v) is 10.1. The first kappa shape index (κ1) is 25.5. The molecule has 1 aromatic heterocycles. The van der Waals surface area contributed by atoms with Crippen LogP contribution in [0.2, 0.25) is 0 Å². The Morgan fingerprint density at radius 3 is 2.38 bits per heavy atom. The van der Waals surface area contributed by atoms with Crippen molar-refractivity contribution in [3.8, 4) is 0 Å². The minimum Gasteiger partial charge on any atom is -0.343 e. The van der Waals surface area contributed by atoms with Crippen LogP contribution in [0, 0.1) is 11.7 Å². The highest BCUT2D eigenvalue weighted by molar-refractivity contribution is 7.92. The first-order valence-electron chi connectivity index (χ1n) is 13.1. The van der Waals surface area contributed by atoms with E-state index in [1.807, 2.05) is 6.07 Å². The molecule has 8 nitrogen and oxygen atoms in total. The van der Waals surface area contributed by atoms with Crippen molar-refractivity contribution >= 4 is 33.2 Å². The normalized spacial score (nSPS) is 20.1. The van der Waals surface area contributed by atoms with E-state index in [1.165, 1.54) is 18.3 Å². The lowest BCUT2D eigenvalue weighted by Gasteiger charge is -2.45. The number of benzene rings is 2. The number of pyridine rings is 1. The monoisotopic (exact) mass is 548 g/mol. The Balaban J connectivity index is 1.46. The Labute approximate surface area is 226 Å². The van der Waals surface area contributed by atoms with Gasteiger partial charge in [-0.25, -0.2) is 12.8 Å². The van der Waals surface area contributed by atoms with Crippen molar-refractivity contribution in [2.75, 3.05) is 22.7 Å². The van der Waals surface area contributed by atoms with Gasteiger partial charge in [0.25, 0.3) is 15.9 Å². The van der Waals surface area contributed by atoms with E-state index in [0.717, 1.165) is 30.5 Å². The van der Waals surface area contributed by atoms with Gasteiger partial charge in [0.05, 0.1) is 22.2 Å². The van der Waals surface area contributed by atoms with Crippen molar-refractivity contribution in [1.82, 2.24) is 9.88 Å². The number of fused-ring (bicyclic) bond motifs is 2. The number of carbonyl (C=O) groups is 2. The number of hydrogen-bond acceptors (Lipinski definition) is 5. The number of carbonyl (C=O) groups excluding carboxylic acids is 2. The molecule has 2 aromatic carbocycles. The highest BCUT2D eigenvalue weighted by atomic mass is 32.2. The van der Waals surface area contributed by atoms with Crippen LogP contribution < -0.4 is 9.62 Å². The van der Waals surface area contributed by atoms with Gasteiger partial charge in [0.2, 0.25) is 5.91 Å². The zero-order valence-corrected chi connectivity index (χ0v) is 22.3. The SMILES string of the molecule is CC(=O)N1CCC2(CC1)c1cc(NC(=O)c3cccnc3)ccc1N(S(=O)(=O)c1ccc(F)cc1)C2C1CC1. The second-order valence-electron chi connectivity index (χ2n) is 10.6. The van der Waals surface area contributed by atoms with Crippen LogP contribution in [-0.2, 0) is 20.2 Å². The van der Waals surface area contributed by atoms with Gasteiger partial charge in [-0.2, -0.15) is 0 Å². The molecule has 2 aliphatic heterocycles. The first-order chi connectivity index (χ1) is 18.7. The second-order valence-corrected chi connectivity index (χ2v) is 12.4. The zero-order valence-electron chi connectivity index (χ0n) is 21.5. The van der Waals surface area contributed by atoms with E-state index >= 15 is 0 Å². The van der Waals surface area contributed by atoms with Crippen LogP contribution in [0.3, 0.4) is 0 Å². The van der Waals surface area contributed by atoms with Gasteiger partial charge < -0.3 is 10.2 Å². The van der Waals surface area contributed by atoms with Gasteiger partial charge in [0.1, 0.15) is 5.82 Å². The molecule has 202 valence electrons. The van der Waals surface area contributed by atoms with Gasteiger partial charge >= 0.3 is 0 Å². The summed E-state index contributed by atoms with van der Waals surface area (Å²) in [7, 11) is -4.02. The Bertz CT molecular complexity index is 1530. The average molecular weight is 549 g/mol. The van der Waals surface area contributed by atoms with Crippen molar-refractivity contribution in [3.05, 3.63) is 83.9 Å². The fourth-order valence-electron chi connectivity index (χ4n) is 6.28. The highest BCUT2D eigenvalue weighted by Gasteiger charge is 2.60. The summed E-state index contributed by atoms with van der Waals surface area (Å²) in [5.41, 5.74) is 1.89. The maximum absolute atomic E-state index is 14.2. The number of aromatic nitrogens is 1. The maximum atomic E-state index is 14.2. The van der Waals surface area contributed by atoms with E-state index in [4.69, 9.17) is 0 Å². The Morgan fingerprint density at radius 2 is 1.77 bits per heavy atom. The molecule has 1 N–H and O–H groups in total. The van der Waals surface area contributed by atoms with E-state index in [-0.39, 0.29) is 28.7 Å². The fraction of sp³-hybridized carbons (Fsp3) is 0.345. The van der Waals surface area contributed by atoms with E-state index < -0.39 is 21.3 Å². The number of hydrogen-bond donors (Lipinski definition) is 1. The van der Waals surface area contributed by atoms with Gasteiger partial charge in [-0.15, -0.1) is 0 Å². The van der Waals surface area contributed by atoms with Crippen molar-refractivity contribution in [3.63, 3.8) is 0 Å². The topological polar surface area (TPSA) is 99.7 Å². The predicted molar refractivity (Wildman–Crippen MR) is 144 cm³/mol. The predicted octanol–water partition coefficient (Wildman–Crippen LogP) is 4.34. The molecular formula is C29H29FN4O4S. The molecule has 1 unspecified atom stereocenters. The summed E-state index contributed by atoms with van der Waals surface area (Å²) in [4.78, 5) is 30.9. The van der Waals surface area contributed by atoms with Crippen LogP contribution in [0.1, 0.15) is 48.5 Å². The molecule has 3 aliphatic rings. The number of nitrogens with zero attached hydrogens (tertiary/aromatic N) is 3. The Kier molecular flexibility index (Phi) is 6.17. The fourth-order valence-corrected chi connectivity index (χ4v) is 8.08. The molecule has 3 heterocycles.